The van der Waals surface area contributed by atoms with Gasteiger partial charge in [0.05, 0.1) is 24.2 Å². The maximum atomic E-state index is 10.8. The Kier molecular flexibility index (Phi) is 9.68. The highest BCUT2D eigenvalue weighted by molar-refractivity contribution is 14.0. The number of halogens is 1. The SMILES string of the molecule is CN=C(NCc1cccc([N+](=O)[O-])c1)NC(C)COC1CCOC1.I. The molecular formula is C16H25IN4O4. The average molecular weight is 464 g/mol. The van der Waals surface area contributed by atoms with Crippen LogP contribution in [0.25, 0.3) is 0 Å². The van der Waals surface area contributed by atoms with Gasteiger partial charge >= 0.3 is 0 Å². The molecule has 0 aliphatic carbocycles. The molecule has 0 amide bonds. The third kappa shape index (κ3) is 7.53. The second-order valence-electron chi connectivity index (χ2n) is 5.72. The first-order valence-corrected chi connectivity index (χ1v) is 7.98. The molecule has 1 aromatic rings. The van der Waals surface area contributed by atoms with E-state index in [0.717, 1.165) is 18.6 Å². The normalized spacial score (nSPS) is 18.3. The summed E-state index contributed by atoms with van der Waals surface area (Å²) in [5.74, 6) is 0.625. The van der Waals surface area contributed by atoms with Crippen LogP contribution in [0.4, 0.5) is 5.69 Å². The molecule has 0 bridgehead atoms. The van der Waals surface area contributed by atoms with E-state index in [1.807, 2.05) is 13.0 Å². The smallest absolute Gasteiger partial charge is 0.269 e. The summed E-state index contributed by atoms with van der Waals surface area (Å²) >= 11 is 0. The average Bonchev–Trinajstić information content (AvgIpc) is 3.10. The number of hydrogen-bond acceptors (Lipinski definition) is 5. The molecule has 0 saturated carbocycles. The van der Waals surface area contributed by atoms with Gasteiger partial charge < -0.3 is 20.1 Å². The number of non-ortho nitro benzene ring substituents is 1. The Bertz CT molecular complexity index is 579. The zero-order valence-corrected chi connectivity index (χ0v) is 16.8. The van der Waals surface area contributed by atoms with Gasteiger partial charge in [-0.1, -0.05) is 12.1 Å². The second kappa shape index (κ2) is 11.2. The van der Waals surface area contributed by atoms with Crippen molar-refractivity contribution in [1.82, 2.24) is 10.6 Å². The molecule has 2 atom stereocenters. The Labute approximate surface area is 164 Å². The van der Waals surface area contributed by atoms with Crippen LogP contribution in [-0.4, -0.2) is 49.9 Å². The Morgan fingerprint density at radius 2 is 2.36 bits per heavy atom. The number of rotatable bonds is 7. The van der Waals surface area contributed by atoms with Crippen molar-refractivity contribution < 1.29 is 14.4 Å². The fourth-order valence-corrected chi connectivity index (χ4v) is 2.36. The van der Waals surface area contributed by atoms with E-state index >= 15 is 0 Å². The van der Waals surface area contributed by atoms with Crippen LogP contribution in [0.15, 0.2) is 29.3 Å². The minimum atomic E-state index is -0.400. The molecule has 1 fully saturated rings. The van der Waals surface area contributed by atoms with E-state index < -0.39 is 4.92 Å². The van der Waals surface area contributed by atoms with E-state index in [9.17, 15) is 10.1 Å². The van der Waals surface area contributed by atoms with Crippen LogP contribution in [0.3, 0.4) is 0 Å². The summed E-state index contributed by atoms with van der Waals surface area (Å²) in [5, 5.41) is 17.2. The van der Waals surface area contributed by atoms with Crippen molar-refractivity contribution >= 4 is 35.6 Å². The molecule has 1 aliphatic rings. The van der Waals surface area contributed by atoms with Gasteiger partial charge in [-0.25, -0.2) is 0 Å². The number of nitro groups is 1. The van der Waals surface area contributed by atoms with Gasteiger partial charge in [0.25, 0.3) is 5.69 Å². The molecule has 8 nitrogen and oxygen atoms in total. The fraction of sp³-hybridized carbons (Fsp3) is 0.562. The number of nitro benzene ring substituents is 1. The largest absolute Gasteiger partial charge is 0.379 e. The van der Waals surface area contributed by atoms with Crippen LogP contribution in [0, 0.1) is 10.1 Å². The van der Waals surface area contributed by atoms with Gasteiger partial charge in [-0.15, -0.1) is 24.0 Å². The van der Waals surface area contributed by atoms with Gasteiger partial charge in [0.15, 0.2) is 5.96 Å². The van der Waals surface area contributed by atoms with Crippen LogP contribution in [0.5, 0.6) is 0 Å². The summed E-state index contributed by atoms with van der Waals surface area (Å²) in [6.45, 7) is 4.44. The predicted octanol–water partition coefficient (Wildman–Crippen LogP) is 2.07. The summed E-state index contributed by atoms with van der Waals surface area (Å²) in [6, 6.07) is 6.61. The van der Waals surface area contributed by atoms with Gasteiger partial charge in [-0.3, -0.25) is 15.1 Å². The quantitative estimate of drug-likeness (QED) is 0.211. The van der Waals surface area contributed by atoms with Crippen molar-refractivity contribution in [2.75, 3.05) is 26.9 Å². The molecule has 2 rings (SSSR count). The highest BCUT2D eigenvalue weighted by atomic mass is 127. The number of benzene rings is 1. The first kappa shape index (κ1) is 21.6. The summed E-state index contributed by atoms with van der Waals surface area (Å²) in [6.07, 6.45) is 1.11. The van der Waals surface area contributed by atoms with Crippen molar-refractivity contribution in [3.05, 3.63) is 39.9 Å². The summed E-state index contributed by atoms with van der Waals surface area (Å²) in [4.78, 5) is 14.6. The Morgan fingerprint density at radius 1 is 1.56 bits per heavy atom. The number of aliphatic imine (C=N–C) groups is 1. The lowest BCUT2D eigenvalue weighted by atomic mass is 10.2. The van der Waals surface area contributed by atoms with Crippen molar-refractivity contribution in [1.29, 1.82) is 0 Å². The molecule has 1 aromatic carbocycles. The minimum Gasteiger partial charge on any atom is -0.379 e. The monoisotopic (exact) mass is 464 g/mol. The van der Waals surface area contributed by atoms with E-state index in [2.05, 4.69) is 15.6 Å². The standard InChI is InChI=1S/C16H24N4O4.HI/c1-12(10-24-15-6-7-23-11-15)19-16(17-2)18-9-13-4-3-5-14(8-13)20(21)22;/h3-5,8,12,15H,6-7,9-11H2,1-2H3,(H2,17,18,19);1H. The molecule has 2 unspecified atom stereocenters. The van der Waals surface area contributed by atoms with Crippen LogP contribution in [0.1, 0.15) is 18.9 Å². The molecule has 2 N–H and O–H groups in total. The van der Waals surface area contributed by atoms with E-state index in [1.165, 1.54) is 6.07 Å². The van der Waals surface area contributed by atoms with Gasteiger partial charge in [-0.2, -0.15) is 0 Å². The van der Waals surface area contributed by atoms with Crippen molar-refractivity contribution in [3.8, 4) is 0 Å². The molecule has 1 aliphatic heterocycles. The Hall–Kier alpha value is -1.46. The van der Waals surface area contributed by atoms with Crippen LogP contribution in [0.2, 0.25) is 0 Å². The maximum absolute atomic E-state index is 10.8. The topological polar surface area (TPSA) is 98.0 Å². The first-order chi connectivity index (χ1) is 11.6. The van der Waals surface area contributed by atoms with E-state index in [1.54, 1.807) is 19.2 Å². The zero-order chi connectivity index (χ0) is 17.4. The number of guanidine groups is 1. The lowest BCUT2D eigenvalue weighted by Gasteiger charge is -2.19. The molecule has 1 heterocycles. The predicted molar refractivity (Wildman–Crippen MR) is 106 cm³/mol. The highest BCUT2D eigenvalue weighted by Gasteiger charge is 2.17. The van der Waals surface area contributed by atoms with E-state index in [-0.39, 0.29) is 41.8 Å². The highest BCUT2D eigenvalue weighted by Crippen LogP contribution is 2.12. The van der Waals surface area contributed by atoms with E-state index in [4.69, 9.17) is 9.47 Å². The zero-order valence-electron chi connectivity index (χ0n) is 14.4. The van der Waals surface area contributed by atoms with Crippen LogP contribution in [-0.2, 0) is 16.0 Å². The van der Waals surface area contributed by atoms with Crippen molar-refractivity contribution in [2.24, 2.45) is 4.99 Å². The maximum Gasteiger partial charge on any atom is 0.269 e. The Morgan fingerprint density at radius 3 is 3.00 bits per heavy atom. The number of ether oxygens (including phenoxy) is 2. The molecule has 140 valence electrons. The van der Waals surface area contributed by atoms with Crippen molar-refractivity contribution in [2.45, 2.75) is 32.0 Å². The van der Waals surface area contributed by atoms with Crippen LogP contribution < -0.4 is 10.6 Å². The van der Waals surface area contributed by atoms with Gasteiger partial charge in [0, 0.05) is 38.4 Å². The molecule has 0 spiro atoms. The van der Waals surface area contributed by atoms with Crippen molar-refractivity contribution in [3.63, 3.8) is 0 Å². The van der Waals surface area contributed by atoms with Gasteiger partial charge in [0.1, 0.15) is 0 Å². The third-order valence-electron chi connectivity index (χ3n) is 3.66. The first-order valence-electron chi connectivity index (χ1n) is 7.98. The Balaban J connectivity index is 0.00000312. The molecule has 9 heteroatoms. The number of nitrogens with zero attached hydrogens (tertiary/aromatic N) is 2. The molecule has 25 heavy (non-hydrogen) atoms. The summed E-state index contributed by atoms with van der Waals surface area (Å²) in [7, 11) is 1.68. The molecule has 1 saturated heterocycles. The molecule has 0 aromatic heterocycles. The van der Waals surface area contributed by atoms with Gasteiger partial charge in [0.2, 0.25) is 0 Å². The number of hydrogen-bond donors (Lipinski definition) is 2. The summed E-state index contributed by atoms with van der Waals surface area (Å²) in [5.41, 5.74) is 0.900. The second-order valence-corrected chi connectivity index (χ2v) is 5.72. The molecular weight excluding hydrogens is 439 g/mol. The fourth-order valence-electron chi connectivity index (χ4n) is 2.36. The van der Waals surface area contributed by atoms with Gasteiger partial charge in [-0.05, 0) is 18.9 Å². The lowest BCUT2D eigenvalue weighted by Crippen LogP contribution is -2.44. The lowest BCUT2D eigenvalue weighted by molar-refractivity contribution is -0.384. The summed E-state index contributed by atoms with van der Waals surface area (Å²) < 4.78 is 11.0. The number of nitrogens with one attached hydrogen (secondary N) is 2. The van der Waals surface area contributed by atoms with E-state index in [0.29, 0.717) is 25.7 Å². The van der Waals surface area contributed by atoms with Crippen LogP contribution >= 0.6 is 24.0 Å². The minimum absolute atomic E-state index is 0. The third-order valence-corrected chi connectivity index (χ3v) is 3.66. The molecule has 0 radical (unpaired) electrons.